The fraction of sp³-hybridized carbons (Fsp3) is 0.375. The highest BCUT2D eigenvalue weighted by Crippen LogP contribution is 2.15. The van der Waals surface area contributed by atoms with Crippen molar-refractivity contribution < 1.29 is 19.1 Å². The van der Waals surface area contributed by atoms with E-state index in [1.807, 2.05) is 42.2 Å². The van der Waals surface area contributed by atoms with Crippen LogP contribution in [0.4, 0.5) is 10.6 Å². The van der Waals surface area contributed by atoms with Gasteiger partial charge in [0, 0.05) is 43.8 Å². The van der Waals surface area contributed by atoms with Crippen LogP contribution in [0.25, 0.3) is 5.95 Å². The fourth-order valence-corrected chi connectivity index (χ4v) is 3.37. The zero-order chi connectivity index (χ0) is 25.0. The molecule has 3 aromatic rings. The van der Waals surface area contributed by atoms with Crippen molar-refractivity contribution in [3.8, 4) is 11.7 Å². The summed E-state index contributed by atoms with van der Waals surface area (Å²) in [5, 5.41) is 5.63. The SMILES string of the molecule is COC(=O)NCCCN(CC(=O)NCCc1ccc(OC)cc1)c1cc(C)nc(-n2ccnc2)n1. The van der Waals surface area contributed by atoms with Crippen LogP contribution < -0.4 is 20.3 Å². The molecule has 0 atom stereocenters. The molecule has 1 aromatic carbocycles. The molecule has 2 N–H and O–H groups in total. The predicted molar refractivity (Wildman–Crippen MR) is 131 cm³/mol. The number of carbonyl (C=O) groups excluding carboxylic acids is 2. The van der Waals surface area contributed by atoms with E-state index in [4.69, 9.17) is 4.74 Å². The molecule has 0 radical (unpaired) electrons. The molecule has 0 aliphatic heterocycles. The number of hydrogen-bond donors (Lipinski definition) is 2. The molecule has 186 valence electrons. The average Bonchev–Trinajstić information content (AvgIpc) is 3.41. The molecule has 0 aliphatic rings. The van der Waals surface area contributed by atoms with Gasteiger partial charge in [0.05, 0.1) is 20.8 Å². The van der Waals surface area contributed by atoms with Gasteiger partial charge in [-0.25, -0.2) is 14.8 Å². The number of alkyl carbamates (subject to hydrolysis) is 1. The van der Waals surface area contributed by atoms with E-state index in [0.29, 0.717) is 44.2 Å². The zero-order valence-electron chi connectivity index (χ0n) is 20.2. The first-order valence-electron chi connectivity index (χ1n) is 11.3. The number of rotatable bonds is 12. The van der Waals surface area contributed by atoms with Gasteiger partial charge in [-0.1, -0.05) is 12.1 Å². The van der Waals surface area contributed by atoms with Crippen LogP contribution in [0.1, 0.15) is 17.7 Å². The van der Waals surface area contributed by atoms with Gasteiger partial charge >= 0.3 is 6.09 Å². The molecular weight excluding hydrogens is 450 g/mol. The number of nitrogens with zero attached hydrogens (tertiary/aromatic N) is 5. The molecule has 11 heteroatoms. The molecule has 0 saturated heterocycles. The summed E-state index contributed by atoms with van der Waals surface area (Å²) in [7, 11) is 2.95. The Balaban J connectivity index is 1.64. The van der Waals surface area contributed by atoms with Gasteiger partial charge in [0.25, 0.3) is 0 Å². The number of ether oxygens (including phenoxy) is 2. The number of hydrogen-bond acceptors (Lipinski definition) is 8. The van der Waals surface area contributed by atoms with Crippen LogP contribution in [0.2, 0.25) is 0 Å². The molecule has 2 heterocycles. The minimum atomic E-state index is -0.493. The maximum atomic E-state index is 12.8. The standard InChI is InChI=1S/C24H31N7O4/c1-18-15-21(29-23(28-18)31-14-12-25-17-31)30(13-4-10-27-24(33)35-3)16-22(32)26-11-9-19-5-7-20(34-2)8-6-19/h5-8,12,14-15,17H,4,9-11,13,16H2,1-3H3,(H,26,32)(H,27,33). The summed E-state index contributed by atoms with van der Waals surface area (Å²) in [6.07, 6.45) is 5.84. The number of methoxy groups -OCH3 is 2. The molecule has 3 rings (SSSR count). The molecule has 2 aromatic heterocycles. The number of imidazole rings is 1. The summed E-state index contributed by atoms with van der Waals surface area (Å²) in [6, 6.07) is 9.59. The lowest BCUT2D eigenvalue weighted by Gasteiger charge is -2.24. The summed E-state index contributed by atoms with van der Waals surface area (Å²) in [5.41, 5.74) is 1.87. The minimum absolute atomic E-state index is 0.112. The summed E-state index contributed by atoms with van der Waals surface area (Å²) in [5.74, 6) is 1.75. The van der Waals surface area contributed by atoms with Crippen molar-refractivity contribution in [2.45, 2.75) is 19.8 Å². The number of aryl methyl sites for hydroxylation is 1. The summed E-state index contributed by atoms with van der Waals surface area (Å²) in [6.45, 7) is 3.39. The second-order valence-corrected chi connectivity index (χ2v) is 7.78. The smallest absolute Gasteiger partial charge is 0.406 e. The second kappa shape index (κ2) is 12.9. The van der Waals surface area contributed by atoms with Crippen LogP contribution in [0.3, 0.4) is 0 Å². The van der Waals surface area contributed by atoms with Crippen molar-refractivity contribution >= 4 is 17.8 Å². The molecule has 0 aliphatic carbocycles. The molecule has 0 saturated carbocycles. The third kappa shape index (κ3) is 7.98. The highest BCUT2D eigenvalue weighted by molar-refractivity contribution is 5.81. The molecule has 0 fully saturated rings. The van der Waals surface area contributed by atoms with E-state index in [9.17, 15) is 9.59 Å². The van der Waals surface area contributed by atoms with Gasteiger partial charge in [0.2, 0.25) is 11.9 Å². The van der Waals surface area contributed by atoms with Gasteiger partial charge < -0.3 is 25.0 Å². The van der Waals surface area contributed by atoms with E-state index >= 15 is 0 Å². The third-order valence-electron chi connectivity index (χ3n) is 5.18. The average molecular weight is 482 g/mol. The van der Waals surface area contributed by atoms with Crippen LogP contribution >= 0.6 is 0 Å². The van der Waals surface area contributed by atoms with Gasteiger partial charge in [-0.2, -0.15) is 4.98 Å². The lowest BCUT2D eigenvalue weighted by molar-refractivity contribution is -0.119. The van der Waals surface area contributed by atoms with Crippen LogP contribution in [-0.4, -0.2) is 71.9 Å². The fourth-order valence-electron chi connectivity index (χ4n) is 3.37. The normalized spacial score (nSPS) is 10.5. The zero-order valence-corrected chi connectivity index (χ0v) is 20.2. The quantitative estimate of drug-likeness (QED) is 0.376. The first-order chi connectivity index (χ1) is 17.0. The molecule has 35 heavy (non-hydrogen) atoms. The minimum Gasteiger partial charge on any atom is -0.497 e. The highest BCUT2D eigenvalue weighted by atomic mass is 16.5. The van der Waals surface area contributed by atoms with E-state index in [2.05, 4.69) is 30.3 Å². The Labute approximate surface area is 204 Å². The Morgan fingerprint density at radius 1 is 1.09 bits per heavy atom. The van der Waals surface area contributed by atoms with Gasteiger partial charge in [0.1, 0.15) is 17.9 Å². The lowest BCUT2D eigenvalue weighted by Crippen LogP contribution is -2.40. The van der Waals surface area contributed by atoms with Crippen LogP contribution in [-0.2, 0) is 16.0 Å². The second-order valence-electron chi connectivity index (χ2n) is 7.78. The van der Waals surface area contributed by atoms with Crippen molar-refractivity contribution in [1.82, 2.24) is 30.2 Å². The maximum Gasteiger partial charge on any atom is 0.406 e. The number of anilines is 1. The van der Waals surface area contributed by atoms with Crippen molar-refractivity contribution in [2.24, 2.45) is 0 Å². The van der Waals surface area contributed by atoms with E-state index in [-0.39, 0.29) is 12.5 Å². The number of nitrogens with one attached hydrogen (secondary N) is 2. The molecule has 2 amide bonds. The van der Waals surface area contributed by atoms with Crippen molar-refractivity contribution in [1.29, 1.82) is 0 Å². The van der Waals surface area contributed by atoms with Crippen LogP contribution in [0, 0.1) is 6.92 Å². The van der Waals surface area contributed by atoms with E-state index < -0.39 is 6.09 Å². The molecule has 11 nitrogen and oxygen atoms in total. The van der Waals surface area contributed by atoms with Crippen LogP contribution in [0.15, 0.2) is 49.1 Å². The first kappa shape index (κ1) is 25.5. The topological polar surface area (TPSA) is 124 Å². The molecule has 0 unspecified atom stereocenters. The van der Waals surface area contributed by atoms with Crippen molar-refractivity contribution in [3.05, 3.63) is 60.3 Å². The third-order valence-corrected chi connectivity index (χ3v) is 5.18. The molecule has 0 bridgehead atoms. The number of aromatic nitrogens is 4. The van der Waals surface area contributed by atoms with Crippen molar-refractivity contribution in [3.63, 3.8) is 0 Å². The van der Waals surface area contributed by atoms with Crippen LogP contribution in [0.5, 0.6) is 5.75 Å². The monoisotopic (exact) mass is 481 g/mol. The van der Waals surface area contributed by atoms with Gasteiger partial charge in [0.15, 0.2) is 0 Å². The summed E-state index contributed by atoms with van der Waals surface area (Å²) in [4.78, 5) is 39.2. The van der Waals surface area contributed by atoms with E-state index in [1.165, 1.54) is 7.11 Å². The number of carbonyl (C=O) groups is 2. The highest BCUT2D eigenvalue weighted by Gasteiger charge is 2.15. The number of benzene rings is 1. The Kier molecular flexibility index (Phi) is 9.40. The van der Waals surface area contributed by atoms with E-state index in [1.54, 1.807) is 30.4 Å². The van der Waals surface area contributed by atoms with E-state index in [0.717, 1.165) is 17.0 Å². The Morgan fingerprint density at radius 2 is 1.89 bits per heavy atom. The largest absolute Gasteiger partial charge is 0.497 e. The maximum absolute atomic E-state index is 12.8. The van der Waals surface area contributed by atoms with Gasteiger partial charge in [-0.05, 0) is 37.5 Å². The van der Waals surface area contributed by atoms with Gasteiger partial charge in [-0.15, -0.1) is 0 Å². The predicted octanol–water partition coefficient (Wildman–Crippen LogP) is 1.89. The Morgan fingerprint density at radius 3 is 2.57 bits per heavy atom. The molecule has 0 spiro atoms. The lowest BCUT2D eigenvalue weighted by atomic mass is 10.1. The summed E-state index contributed by atoms with van der Waals surface area (Å²) >= 11 is 0. The Bertz CT molecular complexity index is 1090. The molecular formula is C24H31N7O4. The van der Waals surface area contributed by atoms with Crippen molar-refractivity contribution in [2.75, 3.05) is 45.3 Å². The summed E-state index contributed by atoms with van der Waals surface area (Å²) < 4.78 is 11.5. The first-order valence-corrected chi connectivity index (χ1v) is 11.3. The number of amides is 2. The Hall–Kier alpha value is -4.15. The van der Waals surface area contributed by atoms with Gasteiger partial charge in [-0.3, -0.25) is 9.36 Å².